The van der Waals surface area contributed by atoms with Crippen LogP contribution in [0, 0.1) is 11.3 Å². The Hall–Kier alpha value is -2.31. The van der Waals surface area contributed by atoms with E-state index < -0.39 is 0 Å². The fraction of sp³-hybridized carbons (Fsp3) is 0.133. The van der Waals surface area contributed by atoms with Crippen LogP contribution >= 0.6 is 0 Å². The fourth-order valence-corrected chi connectivity index (χ4v) is 1.73. The lowest BCUT2D eigenvalue weighted by atomic mass is 10.1. The summed E-state index contributed by atoms with van der Waals surface area (Å²) in [5.41, 5.74) is 9.37. The smallest absolute Gasteiger partial charge is 0.101 e. The molecule has 2 rings (SSSR count). The molecule has 0 saturated heterocycles. The standard InChI is InChI=1S/C15H15N3/c16-9-12-5-7-13(8-6-12)11-18-15-4-2-1-3-14(15)10-17/h1-8,18H,9,11,16H2. The van der Waals surface area contributed by atoms with Gasteiger partial charge in [-0.1, -0.05) is 36.4 Å². The third kappa shape index (κ3) is 2.88. The van der Waals surface area contributed by atoms with E-state index >= 15 is 0 Å². The second-order valence-electron chi connectivity index (χ2n) is 4.03. The summed E-state index contributed by atoms with van der Waals surface area (Å²) in [6.45, 7) is 1.26. The van der Waals surface area contributed by atoms with Crippen LogP contribution in [-0.4, -0.2) is 0 Å². The number of para-hydroxylation sites is 1. The topological polar surface area (TPSA) is 61.8 Å². The van der Waals surface area contributed by atoms with Crippen molar-refractivity contribution in [1.29, 1.82) is 5.26 Å². The molecule has 3 N–H and O–H groups in total. The SMILES string of the molecule is N#Cc1ccccc1NCc1ccc(CN)cc1. The fourth-order valence-electron chi connectivity index (χ4n) is 1.73. The zero-order valence-corrected chi connectivity index (χ0v) is 10.1. The quantitative estimate of drug-likeness (QED) is 0.859. The maximum absolute atomic E-state index is 8.98. The zero-order valence-electron chi connectivity index (χ0n) is 10.1. The van der Waals surface area contributed by atoms with Crippen LogP contribution in [-0.2, 0) is 13.1 Å². The molecule has 0 radical (unpaired) electrons. The number of hydrogen-bond acceptors (Lipinski definition) is 3. The van der Waals surface area contributed by atoms with E-state index in [1.54, 1.807) is 6.07 Å². The molecule has 0 unspecified atom stereocenters. The van der Waals surface area contributed by atoms with Crippen LogP contribution in [0.1, 0.15) is 16.7 Å². The lowest BCUT2D eigenvalue weighted by Gasteiger charge is -2.08. The second-order valence-corrected chi connectivity index (χ2v) is 4.03. The second kappa shape index (κ2) is 5.85. The summed E-state index contributed by atoms with van der Waals surface area (Å²) in [5.74, 6) is 0. The van der Waals surface area contributed by atoms with Gasteiger partial charge in [-0.05, 0) is 23.3 Å². The van der Waals surface area contributed by atoms with Crippen LogP contribution in [0.15, 0.2) is 48.5 Å². The van der Waals surface area contributed by atoms with Crippen molar-refractivity contribution in [2.24, 2.45) is 5.73 Å². The van der Waals surface area contributed by atoms with E-state index in [1.807, 2.05) is 42.5 Å². The Morgan fingerprint density at radius 3 is 2.33 bits per heavy atom. The minimum absolute atomic E-state index is 0.560. The van der Waals surface area contributed by atoms with Gasteiger partial charge in [-0.15, -0.1) is 0 Å². The van der Waals surface area contributed by atoms with Crippen LogP contribution in [0.2, 0.25) is 0 Å². The Morgan fingerprint density at radius 2 is 1.67 bits per heavy atom. The lowest BCUT2D eigenvalue weighted by Crippen LogP contribution is -2.02. The first-order valence-electron chi connectivity index (χ1n) is 5.84. The molecule has 18 heavy (non-hydrogen) atoms. The first kappa shape index (κ1) is 12.2. The summed E-state index contributed by atoms with van der Waals surface area (Å²) in [4.78, 5) is 0. The van der Waals surface area contributed by atoms with Crippen LogP contribution in [0.25, 0.3) is 0 Å². The van der Waals surface area contributed by atoms with Gasteiger partial charge in [0.1, 0.15) is 6.07 Å². The highest BCUT2D eigenvalue weighted by Gasteiger charge is 2.00. The van der Waals surface area contributed by atoms with Gasteiger partial charge in [-0.2, -0.15) is 5.26 Å². The molecule has 0 spiro atoms. The molecular weight excluding hydrogens is 222 g/mol. The zero-order chi connectivity index (χ0) is 12.8. The van der Waals surface area contributed by atoms with Gasteiger partial charge < -0.3 is 11.1 Å². The first-order valence-corrected chi connectivity index (χ1v) is 5.84. The molecule has 3 nitrogen and oxygen atoms in total. The summed E-state index contributed by atoms with van der Waals surface area (Å²) >= 11 is 0. The molecule has 0 fully saturated rings. The largest absolute Gasteiger partial charge is 0.380 e. The minimum atomic E-state index is 0.560. The maximum atomic E-state index is 8.98. The maximum Gasteiger partial charge on any atom is 0.101 e. The number of nitrogens with one attached hydrogen (secondary N) is 1. The van der Waals surface area contributed by atoms with Crippen molar-refractivity contribution in [3.05, 3.63) is 65.2 Å². The molecule has 3 heteroatoms. The predicted molar refractivity (Wildman–Crippen MR) is 72.8 cm³/mol. The molecule has 2 aromatic rings. The predicted octanol–water partition coefficient (Wildman–Crippen LogP) is 2.63. The van der Waals surface area contributed by atoms with Crippen molar-refractivity contribution in [2.45, 2.75) is 13.1 Å². The van der Waals surface area contributed by atoms with E-state index in [9.17, 15) is 0 Å². The highest BCUT2D eigenvalue weighted by Crippen LogP contribution is 2.15. The Balaban J connectivity index is 2.05. The molecule has 90 valence electrons. The molecule has 0 atom stereocenters. The number of rotatable bonds is 4. The molecule has 0 bridgehead atoms. The Morgan fingerprint density at radius 1 is 1.00 bits per heavy atom. The molecule has 2 aromatic carbocycles. The average molecular weight is 237 g/mol. The summed E-state index contributed by atoms with van der Waals surface area (Å²) in [5, 5.41) is 12.2. The van der Waals surface area contributed by atoms with E-state index in [1.165, 1.54) is 5.56 Å². The van der Waals surface area contributed by atoms with Gasteiger partial charge in [-0.3, -0.25) is 0 Å². The first-order chi connectivity index (χ1) is 8.83. The molecule has 0 aliphatic heterocycles. The third-order valence-corrected chi connectivity index (χ3v) is 2.79. The highest BCUT2D eigenvalue weighted by atomic mass is 14.9. The highest BCUT2D eigenvalue weighted by molar-refractivity contribution is 5.57. The van der Waals surface area contributed by atoms with E-state index in [0.717, 1.165) is 11.3 Å². The van der Waals surface area contributed by atoms with Crippen LogP contribution < -0.4 is 11.1 Å². The third-order valence-electron chi connectivity index (χ3n) is 2.79. The van der Waals surface area contributed by atoms with Gasteiger partial charge in [0.15, 0.2) is 0 Å². The Labute approximate surface area is 107 Å². The van der Waals surface area contributed by atoms with Crippen LogP contribution in [0.4, 0.5) is 5.69 Å². The molecule has 0 aliphatic rings. The monoisotopic (exact) mass is 237 g/mol. The number of nitriles is 1. The molecule has 0 aromatic heterocycles. The number of benzene rings is 2. The van der Waals surface area contributed by atoms with Crippen molar-refractivity contribution < 1.29 is 0 Å². The summed E-state index contributed by atoms with van der Waals surface area (Å²) < 4.78 is 0. The summed E-state index contributed by atoms with van der Waals surface area (Å²) in [6.07, 6.45) is 0. The van der Waals surface area contributed by atoms with Gasteiger partial charge in [0.05, 0.1) is 11.3 Å². The van der Waals surface area contributed by atoms with Crippen molar-refractivity contribution in [3.8, 4) is 6.07 Å². The van der Waals surface area contributed by atoms with Crippen LogP contribution in [0.5, 0.6) is 0 Å². The van der Waals surface area contributed by atoms with Crippen LogP contribution in [0.3, 0.4) is 0 Å². The molecule has 0 heterocycles. The van der Waals surface area contributed by atoms with Crippen molar-refractivity contribution in [2.75, 3.05) is 5.32 Å². The van der Waals surface area contributed by atoms with Crippen molar-refractivity contribution in [3.63, 3.8) is 0 Å². The van der Waals surface area contributed by atoms with Gasteiger partial charge in [0.25, 0.3) is 0 Å². The number of hydrogen-bond donors (Lipinski definition) is 2. The van der Waals surface area contributed by atoms with E-state index in [-0.39, 0.29) is 0 Å². The lowest BCUT2D eigenvalue weighted by molar-refractivity contribution is 1.06. The molecular formula is C15H15N3. The van der Waals surface area contributed by atoms with E-state index in [0.29, 0.717) is 18.7 Å². The average Bonchev–Trinajstić information content (AvgIpc) is 2.46. The Kier molecular flexibility index (Phi) is 3.95. The molecule has 0 aliphatic carbocycles. The number of anilines is 1. The normalized spacial score (nSPS) is 9.78. The molecule has 0 amide bonds. The van der Waals surface area contributed by atoms with Crippen molar-refractivity contribution in [1.82, 2.24) is 0 Å². The van der Waals surface area contributed by atoms with Gasteiger partial charge >= 0.3 is 0 Å². The van der Waals surface area contributed by atoms with Gasteiger partial charge in [0, 0.05) is 13.1 Å². The summed E-state index contributed by atoms with van der Waals surface area (Å²) in [6, 6.07) is 17.8. The van der Waals surface area contributed by atoms with E-state index in [2.05, 4.69) is 11.4 Å². The van der Waals surface area contributed by atoms with Crippen molar-refractivity contribution >= 4 is 5.69 Å². The number of nitrogens with two attached hydrogens (primary N) is 1. The molecule has 0 saturated carbocycles. The van der Waals surface area contributed by atoms with Gasteiger partial charge in [0.2, 0.25) is 0 Å². The number of nitrogens with zero attached hydrogens (tertiary/aromatic N) is 1. The summed E-state index contributed by atoms with van der Waals surface area (Å²) in [7, 11) is 0. The van der Waals surface area contributed by atoms with E-state index in [4.69, 9.17) is 11.0 Å². The Bertz CT molecular complexity index is 553. The van der Waals surface area contributed by atoms with Gasteiger partial charge in [-0.25, -0.2) is 0 Å². The minimum Gasteiger partial charge on any atom is -0.380 e.